The van der Waals surface area contributed by atoms with Crippen molar-refractivity contribution in [2.45, 2.75) is 24.2 Å². The van der Waals surface area contributed by atoms with Crippen molar-refractivity contribution >= 4 is 25.9 Å². The molecule has 0 aliphatic carbocycles. The summed E-state index contributed by atoms with van der Waals surface area (Å²) in [6.07, 6.45) is 2.59. The SMILES string of the molecule is COCCC1CCN(S(=O)(=O)c2ccc(NS(=O)(=O)N(C)C)cc2)CC1. The van der Waals surface area contributed by atoms with Gasteiger partial charge in [-0.1, -0.05) is 0 Å². The highest BCUT2D eigenvalue weighted by Gasteiger charge is 2.29. The third kappa shape index (κ3) is 5.17. The van der Waals surface area contributed by atoms with E-state index < -0.39 is 20.2 Å². The first-order chi connectivity index (χ1) is 12.2. The predicted octanol–water partition coefficient (Wildman–Crippen LogP) is 1.34. The van der Waals surface area contributed by atoms with Crippen LogP contribution in [0, 0.1) is 5.92 Å². The number of sulfonamides is 1. The lowest BCUT2D eigenvalue weighted by molar-refractivity contribution is 0.158. The summed E-state index contributed by atoms with van der Waals surface area (Å²) in [6, 6.07) is 5.78. The third-order valence-electron chi connectivity index (χ3n) is 4.52. The van der Waals surface area contributed by atoms with E-state index in [1.165, 1.54) is 42.7 Å². The molecule has 1 aromatic rings. The molecule has 26 heavy (non-hydrogen) atoms. The van der Waals surface area contributed by atoms with Crippen LogP contribution in [0.5, 0.6) is 0 Å². The second-order valence-corrected chi connectivity index (χ2v) is 10.4. The molecule has 0 amide bonds. The maximum atomic E-state index is 12.8. The summed E-state index contributed by atoms with van der Waals surface area (Å²) >= 11 is 0. The van der Waals surface area contributed by atoms with Gasteiger partial charge in [-0.3, -0.25) is 4.72 Å². The van der Waals surface area contributed by atoms with Gasteiger partial charge in [0, 0.05) is 46.6 Å². The first-order valence-electron chi connectivity index (χ1n) is 8.46. The smallest absolute Gasteiger partial charge is 0.301 e. The molecule has 0 atom stereocenters. The van der Waals surface area contributed by atoms with Crippen LogP contribution in [0.2, 0.25) is 0 Å². The lowest BCUT2D eigenvalue weighted by atomic mass is 9.95. The van der Waals surface area contributed by atoms with Gasteiger partial charge < -0.3 is 4.74 Å². The second kappa shape index (κ2) is 8.66. The highest BCUT2D eigenvalue weighted by atomic mass is 32.2. The van der Waals surface area contributed by atoms with Crippen LogP contribution in [-0.2, 0) is 25.0 Å². The molecule has 0 aromatic heterocycles. The summed E-state index contributed by atoms with van der Waals surface area (Å²) in [4.78, 5) is 0.167. The third-order valence-corrected chi connectivity index (χ3v) is 7.89. The van der Waals surface area contributed by atoms with E-state index in [4.69, 9.17) is 4.74 Å². The van der Waals surface area contributed by atoms with Gasteiger partial charge in [0.1, 0.15) is 0 Å². The minimum Gasteiger partial charge on any atom is -0.385 e. The maximum Gasteiger partial charge on any atom is 0.301 e. The van der Waals surface area contributed by atoms with Crippen molar-refractivity contribution in [2.24, 2.45) is 5.92 Å². The Balaban J connectivity index is 2.04. The largest absolute Gasteiger partial charge is 0.385 e. The van der Waals surface area contributed by atoms with Crippen molar-refractivity contribution in [1.29, 1.82) is 0 Å². The summed E-state index contributed by atoms with van der Waals surface area (Å²) in [6.45, 7) is 1.68. The van der Waals surface area contributed by atoms with E-state index in [0.717, 1.165) is 23.6 Å². The Morgan fingerprint density at radius 2 is 1.69 bits per heavy atom. The first kappa shape index (κ1) is 21.1. The summed E-state index contributed by atoms with van der Waals surface area (Å²) in [7, 11) is -2.69. The molecule has 0 radical (unpaired) electrons. The van der Waals surface area contributed by atoms with Crippen LogP contribution in [0.25, 0.3) is 0 Å². The van der Waals surface area contributed by atoms with Gasteiger partial charge in [0.25, 0.3) is 0 Å². The molecule has 1 aromatic carbocycles. The first-order valence-corrected chi connectivity index (χ1v) is 11.3. The number of hydrogen-bond donors (Lipinski definition) is 1. The number of hydrogen-bond acceptors (Lipinski definition) is 5. The quantitative estimate of drug-likeness (QED) is 0.704. The monoisotopic (exact) mass is 405 g/mol. The average molecular weight is 406 g/mol. The lowest BCUT2D eigenvalue weighted by Crippen LogP contribution is -2.38. The van der Waals surface area contributed by atoms with Crippen molar-refractivity contribution in [3.8, 4) is 0 Å². The van der Waals surface area contributed by atoms with Crippen LogP contribution in [0.1, 0.15) is 19.3 Å². The summed E-state index contributed by atoms with van der Waals surface area (Å²) in [5.74, 6) is 0.490. The summed E-state index contributed by atoms with van der Waals surface area (Å²) < 4.78 is 59.2. The Bertz CT molecular complexity index is 784. The zero-order valence-corrected chi connectivity index (χ0v) is 17.0. The van der Waals surface area contributed by atoms with Gasteiger partial charge in [0.2, 0.25) is 10.0 Å². The zero-order valence-electron chi connectivity index (χ0n) is 15.4. The van der Waals surface area contributed by atoms with E-state index in [-0.39, 0.29) is 4.90 Å². The number of methoxy groups -OCH3 is 1. The summed E-state index contributed by atoms with van der Waals surface area (Å²) in [5, 5.41) is 0. The van der Waals surface area contributed by atoms with Crippen LogP contribution in [0.3, 0.4) is 0 Å². The molecule has 0 bridgehead atoms. The van der Waals surface area contributed by atoms with Crippen LogP contribution < -0.4 is 4.72 Å². The molecular weight excluding hydrogens is 378 g/mol. The molecule has 0 unspecified atom stereocenters. The van der Waals surface area contributed by atoms with Crippen molar-refractivity contribution in [2.75, 3.05) is 45.6 Å². The van der Waals surface area contributed by atoms with Gasteiger partial charge >= 0.3 is 10.2 Å². The molecule has 1 heterocycles. The fraction of sp³-hybridized carbons (Fsp3) is 0.625. The number of rotatable bonds is 8. The number of nitrogens with one attached hydrogen (secondary N) is 1. The Kier molecular flexibility index (Phi) is 7.03. The zero-order chi connectivity index (χ0) is 19.4. The molecule has 8 nitrogen and oxygen atoms in total. The van der Waals surface area contributed by atoms with Gasteiger partial charge in [-0.25, -0.2) is 8.42 Å². The lowest BCUT2D eigenvalue weighted by Gasteiger charge is -2.31. The molecular formula is C16H27N3O5S2. The van der Waals surface area contributed by atoms with Crippen LogP contribution in [-0.4, -0.2) is 66.3 Å². The number of benzene rings is 1. The average Bonchev–Trinajstić information content (AvgIpc) is 2.60. The number of nitrogens with zero attached hydrogens (tertiary/aromatic N) is 2. The van der Waals surface area contributed by atoms with Gasteiger partial charge in [0.05, 0.1) is 4.90 Å². The van der Waals surface area contributed by atoms with Crippen molar-refractivity contribution in [1.82, 2.24) is 8.61 Å². The van der Waals surface area contributed by atoms with Crippen molar-refractivity contribution < 1.29 is 21.6 Å². The predicted molar refractivity (Wildman–Crippen MR) is 101 cm³/mol. The fourth-order valence-electron chi connectivity index (χ4n) is 2.81. The molecule has 0 spiro atoms. The number of ether oxygens (including phenoxy) is 1. The van der Waals surface area contributed by atoms with Gasteiger partial charge in [-0.15, -0.1) is 0 Å². The normalized spacial score (nSPS) is 17.5. The van der Waals surface area contributed by atoms with Gasteiger partial charge in [-0.05, 0) is 49.4 Å². The topological polar surface area (TPSA) is 96.0 Å². The van der Waals surface area contributed by atoms with Gasteiger partial charge in [-0.2, -0.15) is 17.0 Å². The maximum absolute atomic E-state index is 12.8. The van der Waals surface area contributed by atoms with E-state index in [1.807, 2.05) is 0 Å². The van der Waals surface area contributed by atoms with E-state index in [0.29, 0.717) is 31.3 Å². The highest BCUT2D eigenvalue weighted by Crippen LogP contribution is 2.26. The Labute approximate surface area is 156 Å². The summed E-state index contributed by atoms with van der Waals surface area (Å²) in [5.41, 5.74) is 0.316. The Morgan fingerprint density at radius 1 is 1.12 bits per heavy atom. The molecule has 10 heteroatoms. The highest BCUT2D eigenvalue weighted by molar-refractivity contribution is 7.90. The van der Waals surface area contributed by atoms with Crippen LogP contribution >= 0.6 is 0 Å². The fourth-order valence-corrected chi connectivity index (χ4v) is 4.89. The second-order valence-electron chi connectivity index (χ2n) is 6.54. The molecule has 2 rings (SSSR count). The molecule has 1 N–H and O–H groups in total. The Hall–Kier alpha value is -1.20. The molecule has 1 fully saturated rings. The molecule has 148 valence electrons. The Morgan fingerprint density at radius 3 is 2.19 bits per heavy atom. The van der Waals surface area contributed by atoms with Crippen molar-refractivity contribution in [3.05, 3.63) is 24.3 Å². The van der Waals surface area contributed by atoms with E-state index in [9.17, 15) is 16.8 Å². The van der Waals surface area contributed by atoms with E-state index in [1.54, 1.807) is 7.11 Å². The van der Waals surface area contributed by atoms with E-state index in [2.05, 4.69) is 4.72 Å². The standard InChI is InChI=1S/C16H27N3O5S2/c1-18(2)26(22,23)17-15-4-6-16(7-5-15)25(20,21)19-11-8-14(9-12-19)10-13-24-3/h4-7,14,17H,8-13H2,1-3H3. The van der Waals surface area contributed by atoms with E-state index >= 15 is 0 Å². The number of piperidine rings is 1. The molecule has 1 aliphatic rings. The molecule has 1 saturated heterocycles. The molecule has 0 saturated carbocycles. The van der Waals surface area contributed by atoms with Crippen molar-refractivity contribution in [3.63, 3.8) is 0 Å². The number of anilines is 1. The van der Waals surface area contributed by atoms with Crippen LogP contribution in [0.4, 0.5) is 5.69 Å². The minimum atomic E-state index is -3.62. The molecule has 1 aliphatic heterocycles. The van der Waals surface area contributed by atoms with Crippen LogP contribution in [0.15, 0.2) is 29.2 Å². The van der Waals surface area contributed by atoms with Gasteiger partial charge in [0.15, 0.2) is 0 Å². The minimum absolute atomic E-state index is 0.167.